The minimum Gasteiger partial charge on any atom is -0.327 e. The van der Waals surface area contributed by atoms with Crippen LogP contribution in [0.3, 0.4) is 0 Å². The Morgan fingerprint density at radius 2 is 1.80 bits per heavy atom. The molecule has 1 aliphatic carbocycles. The molecule has 0 aromatic heterocycles. The highest BCUT2D eigenvalue weighted by Crippen LogP contribution is 2.13. The molecule has 0 aliphatic heterocycles. The first-order valence-corrected chi connectivity index (χ1v) is 8.66. The lowest BCUT2D eigenvalue weighted by Gasteiger charge is -2.28. The van der Waals surface area contributed by atoms with E-state index >= 15 is 0 Å². The Morgan fingerprint density at radius 3 is 2.33 bits per heavy atom. The van der Waals surface area contributed by atoms with Gasteiger partial charge in [-0.3, -0.25) is 9.59 Å². The van der Waals surface area contributed by atoms with E-state index < -0.39 is 8.24 Å². The molecule has 0 saturated heterocycles. The predicted molar refractivity (Wildman–Crippen MR) is 62.4 cm³/mol. The van der Waals surface area contributed by atoms with E-state index in [4.69, 9.17) is 0 Å². The van der Waals surface area contributed by atoms with Gasteiger partial charge in [-0.25, -0.2) is 0 Å². The van der Waals surface area contributed by atoms with Crippen molar-refractivity contribution in [1.29, 1.82) is 0 Å². The van der Waals surface area contributed by atoms with Crippen LogP contribution in [0.4, 0.5) is 0 Å². The van der Waals surface area contributed by atoms with Gasteiger partial charge in [0, 0.05) is 13.5 Å². The summed E-state index contributed by atoms with van der Waals surface area (Å²) in [5, 5.41) is 4.28. The zero-order chi connectivity index (χ0) is 11.6. The van der Waals surface area contributed by atoms with E-state index in [0.29, 0.717) is 18.6 Å². The smallest absolute Gasteiger partial charge is 0.244 e. The zero-order valence-corrected chi connectivity index (χ0v) is 10.8. The standard InChI is InChI=1S/C10H18N2O2Si/c1-12(15(2,3)4)11-8-6-5-7-9(13)10(8)14/h5-7H2,1-4H3/b11-8-. The molecule has 0 spiro atoms. The number of hydrogen-bond donors (Lipinski definition) is 0. The number of hydrazone groups is 1. The molecule has 1 fully saturated rings. The van der Waals surface area contributed by atoms with Gasteiger partial charge in [0.25, 0.3) is 0 Å². The average molecular weight is 226 g/mol. The molecule has 4 nitrogen and oxygen atoms in total. The van der Waals surface area contributed by atoms with Crippen molar-refractivity contribution >= 4 is 25.5 Å². The van der Waals surface area contributed by atoms with Crippen molar-refractivity contribution in [2.75, 3.05) is 7.05 Å². The Hall–Kier alpha value is -0.973. The summed E-state index contributed by atoms with van der Waals surface area (Å²) in [5.74, 6) is -0.671. The Kier molecular flexibility index (Phi) is 3.44. The lowest BCUT2D eigenvalue weighted by molar-refractivity contribution is -0.133. The van der Waals surface area contributed by atoms with Crippen LogP contribution in [0.25, 0.3) is 0 Å². The van der Waals surface area contributed by atoms with Crippen LogP contribution >= 0.6 is 0 Å². The fourth-order valence-electron chi connectivity index (χ4n) is 1.23. The van der Waals surface area contributed by atoms with Crippen LogP contribution in [0.15, 0.2) is 5.10 Å². The third-order valence-electron chi connectivity index (χ3n) is 2.57. The van der Waals surface area contributed by atoms with Crippen LogP contribution in [0.2, 0.25) is 19.6 Å². The largest absolute Gasteiger partial charge is 0.327 e. The van der Waals surface area contributed by atoms with Gasteiger partial charge in [-0.1, -0.05) is 19.6 Å². The molecule has 1 saturated carbocycles. The summed E-state index contributed by atoms with van der Waals surface area (Å²) in [6.45, 7) is 6.44. The summed E-state index contributed by atoms with van der Waals surface area (Å²) >= 11 is 0. The quantitative estimate of drug-likeness (QED) is 0.406. The van der Waals surface area contributed by atoms with Gasteiger partial charge in [0.15, 0.2) is 8.24 Å². The molecular weight excluding hydrogens is 208 g/mol. The molecule has 0 amide bonds. The van der Waals surface area contributed by atoms with Crippen LogP contribution < -0.4 is 0 Å². The maximum absolute atomic E-state index is 11.5. The van der Waals surface area contributed by atoms with E-state index in [1.54, 1.807) is 0 Å². The van der Waals surface area contributed by atoms with E-state index in [1.165, 1.54) is 0 Å². The molecule has 5 heteroatoms. The third kappa shape index (κ3) is 2.99. The van der Waals surface area contributed by atoms with Crippen molar-refractivity contribution in [3.8, 4) is 0 Å². The van der Waals surface area contributed by atoms with Crippen LogP contribution in [-0.4, -0.2) is 37.2 Å². The minimum atomic E-state index is -1.51. The average Bonchev–Trinajstić information content (AvgIpc) is 2.11. The Bertz CT molecular complexity index is 318. The molecule has 0 radical (unpaired) electrons. The van der Waals surface area contributed by atoms with Gasteiger partial charge < -0.3 is 4.67 Å². The van der Waals surface area contributed by atoms with E-state index in [1.807, 2.05) is 11.7 Å². The molecule has 0 N–H and O–H groups in total. The van der Waals surface area contributed by atoms with E-state index in [9.17, 15) is 9.59 Å². The second-order valence-electron chi connectivity index (χ2n) is 4.85. The number of nitrogens with zero attached hydrogens (tertiary/aromatic N) is 2. The molecule has 0 aromatic carbocycles. The molecular formula is C10H18N2O2Si. The Morgan fingerprint density at radius 1 is 1.20 bits per heavy atom. The summed E-state index contributed by atoms with van der Waals surface area (Å²) in [6, 6.07) is 0. The predicted octanol–water partition coefficient (Wildman–Crippen LogP) is 1.43. The van der Waals surface area contributed by atoms with Gasteiger partial charge in [-0.2, -0.15) is 5.10 Å². The van der Waals surface area contributed by atoms with Crippen molar-refractivity contribution in [1.82, 2.24) is 4.67 Å². The maximum atomic E-state index is 11.5. The lowest BCUT2D eigenvalue weighted by Crippen LogP contribution is -2.41. The van der Waals surface area contributed by atoms with Crippen molar-refractivity contribution in [3.05, 3.63) is 0 Å². The van der Waals surface area contributed by atoms with Crippen LogP contribution in [0, 0.1) is 0 Å². The number of ketones is 2. The van der Waals surface area contributed by atoms with Gasteiger partial charge in [-0.05, 0) is 12.8 Å². The van der Waals surface area contributed by atoms with Crippen molar-refractivity contribution < 1.29 is 9.59 Å². The van der Waals surface area contributed by atoms with Crippen molar-refractivity contribution in [2.45, 2.75) is 38.9 Å². The summed E-state index contributed by atoms with van der Waals surface area (Å²) in [5.41, 5.74) is 0.441. The first-order chi connectivity index (χ1) is 6.82. The molecule has 1 rings (SSSR count). The van der Waals surface area contributed by atoms with Crippen LogP contribution in [-0.2, 0) is 9.59 Å². The highest BCUT2D eigenvalue weighted by Gasteiger charge is 2.27. The van der Waals surface area contributed by atoms with Crippen molar-refractivity contribution in [2.24, 2.45) is 5.10 Å². The van der Waals surface area contributed by atoms with Gasteiger partial charge in [0.05, 0.1) is 0 Å². The summed E-state index contributed by atoms with van der Waals surface area (Å²) in [7, 11) is 0.367. The number of carbonyl (C=O) groups is 2. The highest BCUT2D eigenvalue weighted by atomic mass is 28.3. The van der Waals surface area contributed by atoms with Crippen LogP contribution in [0.5, 0.6) is 0 Å². The fraction of sp³-hybridized carbons (Fsp3) is 0.700. The van der Waals surface area contributed by atoms with Crippen LogP contribution in [0.1, 0.15) is 19.3 Å². The Balaban J connectivity index is 2.83. The number of hydrogen-bond acceptors (Lipinski definition) is 4. The SMILES string of the molecule is CN(/N=C1/CCCC(=O)C1=O)[Si](C)(C)C. The maximum Gasteiger partial charge on any atom is 0.244 e. The number of rotatable bonds is 2. The first kappa shape index (κ1) is 12.1. The summed E-state index contributed by atoms with van der Waals surface area (Å²) in [4.78, 5) is 22.7. The minimum absolute atomic E-state index is 0.288. The third-order valence-corrected chi connectivity index (χ3v) is 4.62. The number of carbonyl (C=O) groups excluding carboxylic acids is 2. The number of Topliss-reactive ketones (excluding diaryl/α,β-unsaturated/α-hetero) is 2. The topological polar surface area (TPSA) is 49.7 Å². The summed E-state index contributed by atoms with van der Waals surface area (Å²) in [6.07, 6.45) is 1.77. The second-order valence-corrected chi connectivity index (χ2v) is 9.84. The molecule has 84 valence electrons. The zero-order valence-electron chi connectivity index (χ0n) is 9.83. The van der Waals surface area contributed by atoms with Crippen molar-refractivity contribution in [3.63, 3.8) is 0 Å². The van der Waals surface area contributed by atoms with Gasteiger partial charge in [0.1, 0.15) is 5.71 Å². The molecule has 15 heavy (non-hydrogen) atoms. The van der Waals surface area contributed by atoms with Gasteiger partial charge >= 0.3 is 0 Å². The highest BCUT2D eigenvalue weighted by molar-refractivity contribution is 6.73. The molecule has 0 heterocycles. The van der Waals surface area contributed by atoms with Gasteiger partial charge in [-0.15, -0.1) is 0 Å². The molecule has 0 bridgehead atoms. The second kappa shape index (κ2) is 4.26. The van der Waals surface area contributed by atoms with E-state index in [2.05, 4.69) is 24.7 Å². The lowest BCUT2D eigenvalue weighted by atomic mass is 9.96. The summed E-state index contributed by atoms with van der Waals surface area (Å²) < 4.78 is 1.87. The monoisotopic (exact) mass is 226 g/mol. The van der Waals surface area contributed by atoms with E-state index in [0.717, 1.165) is 6.42 Å². The molecule has 0 atom stereocenters. The molecule has 0 aromatic rings. The molecule has 0 unspecified atom stereocenters. The fourth-order valence-corrected chi connectivity index (χ4v) is 1.65. The first-order valence-electron chi connectivity index (χ1n) is 5.21. The van der Waals surface area contributed by atoms with Gasteiger partial charge in [0.2, 0.25) is 11.6 Å². The van der Waals surface area contributed by atoms with E-state index in [-0.39, 0.29) is 11.6 Å². The normalized spacial score (nSPS) is 20.9. The Labute approximate surface area is 91.4 Å². The molecule has 1 aliphatic rings.